The van der Waals surface area contributed by atoms with Gasteiger partial charge < -0.3 is 25.2 Å². The van der Waals surface area contributed by atoms with E-state index < -0.39 is 0 Å². The molecule has 0 spiro atoms. The maximum absolute atomic E-state index is 10.1. The molecule has 0 saturated heterocycles. The third kappa shape index (κ3) is 8.67. The summed E-state index contributed by atoms with van der Waals surface area (Å²) in [5.74, 6) is 0.286. The van der Waals surface area contributed by atoms with E-state index in [0.717, 1.165) is 76.6 Å². The summed E-state index contributed by atoms with van der Waals surface area (Å²) in [6.07, 6.45) is 4.13. The summed E-state index contributed by atoms with van der Waals surface area (Å²) in [5.41, 5.74) is 1.74. The van der Waals surface area contributed by atoms with Gasteiger partial charge in [0.15, 0.2) is 0 Å². The van der Waals surface area contributed by atoms with E-state index in [1.807, 2.05) is 26.0 Å². The normalized spacial score (nSPS) is 10.7. The summed E-state index contributed by atoms with van der Waals surface area (Å²) in [5, 5.41) is 16.8. The number of para-hydroxylation sites is 1. The zero-order chi connectivity index (χ0) is 16.8. The van der Waals surface area contributed by atoms with Crippen LogP contribution >= 0.6 is 0 Å². The number of anilines is 2. The first kappa shape index (κ1) is 19.6. The second kappa shape index (κ2) is 13.0. The lowest BCUT2D eigenvalue weighted by atomic mass is 10.2. The zero-order valence-corrected chi connectivity index (χ0v) is 14.6. The fourth-order valence-corrected chi connectivity index (χ4v) is 2.26. The number of hydrogen-bond donors (Lipinski definition) is 3. The topological polar surface area (TPSA) is 62.8 Å². The average molecular weight is 324 g/mol. The summed E-state index contributed by atoms with van der Waals surface area (Å²) in [7, 11) is 0. The Labute approximate surface area is 140 Å². The molecule has 1 aromatic carbocycles. The molecule has 0 atom stereocenters. The van der Waals surface area contributed by atoms with Crippen LogP contribution in [0.5, 0.6) is 5.75 Å². The number of phenols is 1. The van der Waals surface area contributed by atoms with Gasteiger partial charge in [-0.05, 0) is 51.7 Å². The van der Waals surface area contributed by atoms with Gasteiger partial charge in [0.25, 0.3) is 0 Å². The minimum absolute atomic E-state index is 0.286. The average Bonchev–Trinajstić information content (AvgIpc) is 2.56. The van der Waals surface area contributed by atoms with Crippen molar-refractivity contribution in [2.45, 2.75) is 39.5 Å². The van der Waals surface area contributed by atoms with Gasteiger partial charge in [0.05, 0.1) is 5.69 Å². The first-order valence-corrected chi connectivity index (χ1v) is 8.74. The molecule has 5 nitrogen and oxygen atoms in total. The SMILES string of the molecule is CCOCCCCNc1cccc(O)c1NCCCCOCC. The molecule has 0 heterocycles. The predicted octanol–water partition coefficient (Wildman–Crippen LogP) is 3.85. The van der Waals surface area contributed by atoms with Crippen molar-refractivity contribution in [1.29, 1.82) is 0 Å². The van der Waals surface area contributed by atoms with Crippen molar-refractivity contribution in [3.05, 3.63) is 18.2 Å². The molecule has 0 bridgehead atoms. The maximum Gasteiger partial charge on any atom is 0.140 e. The highest BCUT2D eigenvalue weighted by atomic mass is 16.5. The molecule has 132 valence electrons. The second-order valence-corrected chi connectivity index (χ2v) is 5.36. The first-order chi connectivity index (χ1) is 11.3. The Balaban J connectivity index is 2.33. The lowest BCUT2D eigenvalue weighted by Crippen LogP contribution is -2.09. The number of ether oxygens (including phenoxy) is 2. The smallest absolute Gasteiger partial charge is 0.140 e. The Morgan fingerprint density at radius 1 is 0.870 bits per heavy atom. The minimum Gasteiger partial charge on any atom is -0.506 e. The molecule has 0 aliphatic heterocycles. The zero-order valence-electron chi connectivity index (χ0n) is 14.6. The first-order valence-electron chi connectivity index (χ1n) is 8.74. The van der Waals surface area contributed by atoms with E-state index in [4.69, 9.17) is 9.47 Å². The second-order valence-electron chi connectivity index (χ2n) is 5.36. The van der Waals surface area contributed by atoms with Gasteiger partial charge in [-0.3, -0.25) is 0 Å². The van der Waals surface area contributed by atoms with Crippen LogP contribution in [0.3, 0.4) is 0 Å². The lowest BCUT2D eigenvalue weighted by Gasteiger charge is -2.15. The molecule has 0 aliphatic rings. The molecule has 0 aromatic heterocycles. The van der Waals surface area contributed by atoms with Crippen LogP contribution in [0.1, 0.15) is 39.5 Å². The lowest BCUT2D eigenvalue weighted by molar-refractivity contribution is 0.144. The van der Waals surface area contributed by atoms with E-state index in [1.54, 1.807) is 6.07 Å². The van der Waals surface area contributed by atoms with Gasteiger partial charge in [-0.1, -0.05) is 6.07 Å². The van der Waals surface area contributed by atoms with Gasteiger partial charge in [-0.2, -0.15) is 0 Å². The van der Waals surface area contributed by atoms with Crippen LogP contribution in [0.2, 0.25) is 0 Å². The molecule has 5 heteroatoms. The van der Waals surface area contributed by atoms with Crippen molar-refractivity contribution in [3.63, 3.8) is 0 Å². The van der Waals surface area contributed by atoms with E-state index in [9.17, 15) is 5.11 Å². The van der Waals surface area contributed by atoms with Gasteiger partial charge >= 0.3 is 0 Å². The Hall–Kier alpha value is -1.46. The van der Waals surface area contributed by atoms with Crippen LogP contribution in [0.25, 0.3) is 0 Å². The van der Waals surface area contributed by atoms with Crippen molar-refractivity contribution in [3.8, 4) is 5.75 Å². The van der Waals surface area contributed by atoms with Crippen molar-refractivity contribution in [2.75, 3.05) is 50.2 Å². The molecular weight excluding hydrogens is 292 g/mol. The summed E-state index contributed by atoms with van der Waals surface area (Å²) in [6, 6.07) is 5.56. The standard InChI is InChI=1S/C18H32N2O3/c1-3-22-14-7-5-12-19-16-10-9-11-17(21)18(16)20-13-6-8-15-23-4-2/h9-11,19-21H,3-8,12-15H2,1-2H3. The highest BCUT2D eigenvalue weighted by molar-refractivity contribution is 5.75. The molecule has 0 saturated carbocycles. The van der Waals surface area contributed by atoms with E-state index in [1.165, 1.54) is 0 Å². The van der Waals surface area contributed by atoms with Crippen LogP contribution in [-0.2, 0) is 9.47 Å². The summed E-state index contributed by atoms with van der Waals surface area (Å²) < 4.78 is 10.7. The van der Waals surface area contributed by atoms with Gasteiger partial charge in [0.1, 0.15) is 11.4 Å². The fraction of sp³-hybridized carbons (Fsp3) is 0.667. The quantitative estimate of drug-likeness (QED) is 0.358. The third-order valence-electron chi connectivity index (χ3n) is 3.50. The van der Waals surface area contributed by atoms with Crippen LogP contribution in [-0.4, -0.2) is 44.6 Å². The highest BCUT2D eigenvalue weighted by Gasteiger charge is 2.06. The van der Waals surface area contributed by atoms with Gasteiger partial charge in [0.2, 0.25) is 0 Å². The van der Waals surface area contributed by atoms with Crippen LogP contribution < -0.4 is 10.6 Å². The van der Waals surface area contributed by atoms with E-state index in [2.05, 4.69) is 10.6 Å². The van der Waals surface area contributed by atoms with Crippen LogP contribution in [0, 0.1) is 0 Å². The Bertz CT molecular complexity index is 413. The highest BCUT2D eigenvalue weighted by Crippen LogP contribution is 2.31. The maximum atomic E-state index is 10.1. The Morgan fingerprint density at radius 2 is 1.48 bits per heavy atom. The van der Waals surface area contributed by atoms with Crippen LogP contribution in [0.4, 0.5) is 11.4 Å². The summed E-state index contributed by atoms with van der Waals surface area (Å²) in [6.45, 7) is 8.86. The van der Waals surface area contributed by atoms with E-state index >= 15 is 0 Å². The van der Waals surface area contributed by atoms with E-state index in [-0.39, 0.29) is 5.75 Å². The molecule has 0 fully saturated rings. The van der Waals surface area contributed by atoms with Gasteiger partial charge in [0, 0.05) is 39.5 Å². The Morgan fingerprint density at radius 3 is 2.09 bits per heavy atom. The van der Waals surface area contributed by atoms with Crippen molar-refractivity contribution in [1.82, 2.24) is 0 Å². The molecule has 3 N–H and O–H groups in total. The number of aromatic hydroxyl groups is 1. The number of benzene rings is 1. The van der Waals surface area contributed by atoms with Crippen molar-refractivity contribution >= 4 is 11.4 Å². The van der Waals surface area contributed by atoms with Gasteiger partial charge in [-0.25, -0.2) is 0 Å². The molecule has 1 aromatic rings. The van der Waals surface area contributed by atoms with Crippen LogP contribution in [0.15, 0.2) is 18.2 Å². The summed E-state index contributed by atoms with van der Waals surface area (Å²) in [4.78, 5) is 0. The third-order valence-corrected chi connectivity index (χ3v) is 3.50. The molecule has 0 aliphatic carbocycles. The van der Waals surface area contributed by atoms with Crippen molar-refractivity contribution < 1.29 is 14.6 Å². The van der Waals surface area contributed by atoms with E-state index in [0.29, 0.717) is 0 Å². The molecule has 0 amide bonds. The number of nitrogens with one attached hydrogen (secondary N) is 2. The largest absolute Gasteiger partial charge is 0.506 e. The number of rotatable bonds is 14. The molecule has 0 unspecified atom stereocenters. The number of phenolic OH excluding ortho intramolecular Hbond substituents is 1. The Kier molecular flexibility index (Phi) is 11.1. The molecular formula is C18H32N2O3. The van der Waals surface area contributed by atoms with Crippen molar-refractivity contribution in [2.24, 2.45) is 0 Å². The molecule has 0 radical (unpaired) electrons. The monoisotopic (exact) mass is 324 g/mol. The molecule has 23 heavy (non-hydrogen) atoms. The molecule has 1 rings (SSSR count). The number of unbranched alkanes of at least 4 members (excludes halogenated alkanes) is 2. The number of hydrogen-bond acceptors (Lipinski definition) is 5. The predicted molar refractivity (Wildman–Crippen MR) is 96.5 cm³/mol. The minimum atomic E-state index is 0.286. The van der Waals surface area contributed by atoms with Gasteiger partial charge in [-0.15, -0.1) is 0 Å². The summed E-state index contributed by atoms with van der Waals surface area (Å²) >= 11 is 0. The fourth-order valence-electron chi connectivity index (χ4n) is 2.26.